The van der Waals surface area contributed by atoms with Gasteiger partial charge < -0.3 is 15.0 Å². The number of benzene rings is 2. The summed E-state index contributed by atoms with van der Waals surface area (Å²) < 4.78 is 5.36. The van der Waals surface area contributed by atoms with Gasteiger partial charge in [-0.25, -0.2) is 0 Å². The Bertz CT molecular complexity index is 1100. The van der Waals surface area contributed by atoms with Gasteiger partial charge in [-0.3, -0.25) is 14.6 Å². The van der Waals surface area contributed by atoms with Crippen LogP contribution in [0.5, 0.6) is 5.75 Å². The van der Waals surface area contributed by atoms with Crippen molar-refractivity contribution in [2.45, 2.75) is 32.2 Å². The maximum absolute atomic E-state index is 12.7. The van der Waals surface area contributed by atoms with Crippen molar-refractivity contribution >= 4 is 17.5 Å². The zero-order valence-corrected chi connectivity index (χ0v) is 18.2. The van der Waals surface area contributed by atoms with Crippen molar-refractivity contribution in [1.82, 2.24) is 9.88 Å². The Morgan fingerprint density at radius 1 is 1.06 bits per heavy atom. The highest BCUT2D eigenvalue weighted by Crippen LogP contribution is 2.24. The molecule has 32 heavy (non-hydrogen) atoms. The third kappa shape index (κ3) is 5.32. The summed E-state index contributed by atoms with van der Waals surface area (Å²) in [4.78, 5) is 31.1. The Balaban J connectivity index is 1.35. The quantitative estimate of drug-likeness (QED) is 0.620. The van der Waals surface area contributed by atoms with E-state index < -0.39 is 0 Å². The van der Waals surface area contributed by atoms with Gasteiger partial charge in [0.25, 0.3) is 0 Å². The number of para-hydroxylation sites is 1. The summed E-state index contributed by atoms with van der Waals surface area (Å²) in [5, 5.41) is 2.99. The van der Waals surface area contributed by atoms with Gasteiger partial charge in [-0.2, -0.15) is 0 Å². The predicted molar refractivity (Wildman–Crippen MR) is 123 cm³/mol. The molecule has 0 atom stereocenters. The van der Waals surface area contributed by atoms with E-state index in [0.29, 0.717) is 32.4 Å². The van der Waals surface area contributed by atoms with Crippen LogP contribution in [0, 0.1) is 0 Å². The van der Waals surface area contributed by atoms with E-state index in [2.05, 4.69) is 16.4 Å². The monoisotopic (exact) mass is 429 g/mol. The summed E-state index contributed by atoms with van der Waals surface area (Å²) in [6, 6.07) is 17.5. The smallest absolute Gasteiger partial charge is 0.227 e. The van der Waals surface area contributed by atoms with Gasteiger partial charge in [-0.05, 0) is 65.4 Å². The molecule has 2 amide bonds. The highest BCUT2D eigenvalue weighted by Gasteiger charge is 2.21. The molecule has 164 valence electrons. The average molecular weight is 430 g/mol. The zero-order valence-electron chi connectivity index (χ0n) is 18.2. The lowest BCUT2D eigenvalue weighted by Gasteiger charge is -2.29. The van der Waals surface area contributed by atoms with Crippen LogP contribution in [-0.2, 0) is 35.4 Å². The average Bonchev–Trinajstić information content (AvgIpc) is 2.83. The number of fused-ring (bicyclic) bond motifs is 1. The Labute approximate surface area is 188 Å². The molecule has 0 bridgehead atoms. The minimum atomic E-state index is -0.0442. The molecule has 1 aliphatic rings. The van der Waals surface area contributed by atoms with E-state index in [0.717, 1.165) is 34.5 Å². The van der Waals surface area contributed by atoms with Crippen LogP contribution >= 0.6 is 0 Å². The molecule has 2 aromatic carbocycles. The van der Waals surface area contributed by atoms with Crippen LogP contribution in [-0.4, -0.2) is 35.4 Å². The number of rotatable bonds is 7. The first-order valence-electron chi connectivity index (χ1n) is 10.8. The lowest BCUT2D eigenvalue weighted by Crippen LogP contribution is -2.37. The first kappa shape index (κ1) is 21.6. The van der Waals surface area contributed by atoms with Crippen molar-refractivity contribution in [3.05, 3.63) is 89.2 Å². The third-order valence-corrected chi connectivity index (χ3v) is 5.77. The number of ether oxygens (including phenoxy) is 1. The Morgan fingerprint density at radius 3 is 2.69 bits per heavy atom. The zero-order chi connectivity index (χ0) is 22.3. The molecule has 0 saturated carbocycles. The molecule has 0 unspecified atom stereocenters. The van der Waals surface area contributed by atoms with Crippen LogP contribution in [0.25, 0.3) is 0 Å². The molecule has 0 radical (unpaired) electrons. The summed E-state index contributed by atoms with van der Waals surface area (Å²) in [5.41, 5.74) is 5.05. The van der Waals surface area contributed by atoms with Gasteiger partial charge in [0.2, 0.25) is 11.8 Å². The maximum Gasteiger partial charge on any atom is 0.227 e. The standard InChI is InChI=1S/C26H27N3O3/c1-32-24-5-3-2-4-21(24)7-9-25(30)28-23-8-6-20-12-15-29(18-22(20)17-23)26(31)16-19-10-13-27-14-11-19/h2-6,8,10-11,13-14,17H,7,9,12,15-16,18H2,1H3,(H,28,30). The van der Waals surface area contributed by atoms with E-state index in [1.807, 2.05) is 53.4 Å². The lowest BCUT2D eigenvalue weighted by atomic mass is 9.98. The van der Waals surface area contributed by atoms with E-state index in [9.17, 15) is 9.59 Å². The van der Waals surface area contributed by atoms with Gasteiger partial charge in [0.05, 0.1) is 13.5 Å². The van der Waals surface area contributed by atoms with Crippen LogP contribution in [0.2, 0.25) is 0 Å². The van der Waals surface area contributed by atoms with Crippen LogP contribution < -0.4 is 10.1 Å². The number of carbonyl (C=O) groups is 2. The number of carbonyl (C=O) groups excluding carboxylic acids is 2. The van der Waals surface area contributed by atoms with Crippen molar-refractivity contribution in [2.24, 2.45) is 0 Å². The molecule has 4 rings (SSSR count). The second-order valence-corrected chi connectivity index (χ2v) is 7.94. The Morgan fingerprint density at radius 2 is 1.88 bits per heavy atom. The van der Waals surface area contributed by atoms with Gasteiger partial charge in [-0.1, -0.05) is 24.3 Å². The summed E-state index contributed by atoms with van der Waals surface area (Å²) >= 11 is 0. The van der Waals surface area contributed by atoms with Crippen molar-refractivity contribution < 1.29 is 14.3 Å². The van der Waals surface area contributed by atoms with E-state index in [4.69, 9.17) is 4.74 Å². The number of hydrogen-bond acceptors (Lipinski definition) is 4. The summed E-state index contributed by atoms with van der Waals surface area (Å²) in [7, 11) is 1.64. The maximum atomic E-state index is 12.7. The van der Waals surface area contributed by atoms with Crippen molar-refractivity contribution in [1.29, 1.82) is 0 Å². The summed E-state index contributed by atoms with van der Waals surface area (Å²) in [6.07, 6.45) is 5.58. The first-order valence-corrected chi connectivity index (χ1v) is 10.8. The van der Waals surface area contributed by atoms with Gasteiger partial charge in [0.1, 0.15) is 5.75 Å². The molecule has 1 aliphatic heterocycles. The minimum absolute atomic E-state index is 0.0442. The largest absolute Gasteiger partial charge is 0.496 e. The van der Waals surface area contributed by atoms with Gasteiger partial charge in [0, 0.05) is 37.6 Å². The number of nitrogens with one attached hydrogen (secondary N) is 1. The second kappa shape index (κ2) is 10.1. The molecular weight excluding hydrogens is 402 g/mol. The van der Waals surface area contributed by atoms with Gasteiger partial charge >= 0.3 is 0 Å². The van der Waals surface area contributed by atoms with E-state index >= 15 is 0 Å². The molecule has 2 heterocycles. The molecule has 1 aromatic heterocycles. The summed E-state index contributed by atoms with van der Waals surface area (Å²) in [6.45, 7) is 1.27. The normalized spacial score (nSPS) is 12.7. The predicted octanol–water partition coefficient (Wildman–Crippen LogP) is 3.79. The van der Waals surface area contributed by atoms with Crippen LogP contribution in [0.1, 0.15) is 28.7 Å². The molecule has 3 aromatic rings. The van der Waals surface area contributed by atoms with Crippen molar-refractivity contribution in [2.75, 3.05) is 19.0 Å². The second-order valence-electron chi connectivity index (χ2n) is 7.94. The highest BCUT2D eigenvalue weighted by molar-refractivity contribution is 5.91. The van der Waals surface area contributed by atoms with E-state index in [1.165, 1.54) is 5.56 Å². The number of aryl methyl sites for hydroxylation is 1. The number of methoxy groups -OCH3 is 1. The number of pyridine rings is 1. The SMILES string of the molecule is COc1ccccc1CCC(=O)Nc1ccc2c(c1)CN(C(=O)Cc1ccncc1)CC2. The van der Waals surface area contributed by atoms with Gasteiger partial charge in [0.15, 0.2) is 0 Å². The van der Waals surface area contributed by atoms with Crippen LogP contribution in [0.3, 0.4) is 0 Å². The fourth-order valence-electron chi connectivity index (χ4n) is 4.02. The number of nitrogens with zero attached hydrogens (tertiary/aromatic N) is 2. The van der Waals surface area contributed by atoms with Crippen LogP contribution in [0.15, 0.2) is 67.0 Å². The van der Waals surface area contributed by atoms with Crippen LogP contribution in [0.4, 0.5) is 5.69 Å². The highest BCUT2D eigenvalue weighted by atomic mass is 16.5. The Kier molecular flexibility index (Phi) is 6.80. The summed E-state index contributed by atoms with van der Waals surface area (Å²) in [5.74, 6) is 0.857. The fraction of sp³-hybridized carbons (Fsp3) is 0.269. The third-order valence-electron chi connectivity index (χ3n) is 5.77. The first-order chi connectivity index (χ1) is 15.6. The molecule has 6 heteroatoms. The molecule has 6 nitrogen and oxygen atoms in total. The Hall–Kier alpha value is -3.67. The number of amides is 2. The fourth-order valence-corrected chi connectivity index (χ4v) is 4.02. The number of hydrogen-bond donors (Lipinski definition) is 1. The molecule has 0 saturated heterocycles. The van der Waals surface area contributed by atoms with E-state index in [1.54, 1.807) is 19.5 Å². The topological polar surface area (TPSA) is 71.5 Å². The van der Waals surface area contributed by atoms with Crippen molar-refractivity contribution in [3.63, 3.8) is 0 Å². The number of aromatic nitrogens is 1. The molecule has 0 spiro atoms. The van der Waals surface area contributed by atoms with Gasteiger partial charge in [-0.15, -0.1) is 0 Å². The minimum Gasteiger partial charge on any atom is -0.496 e. The van der Waals surface area contributed by atoms with Crippen molar-refractivity contribution in [3.8, 4) is 5.75 Å². The number of anilines is 1. The molecule has 1 N–H and O–H groups in total. The molecule has 0 aliphatic carbocycles. The van der Waals surface area contributed by atoms with E-state index in [-0.39, 0.29) is 11.8 Å². The lowest BCUT2D eigenvalue weighted by molar-refractivity contribution is -0.131. The molecular formula is C26H27N3O3. The molecule has 0 fully saturated rings.